The van der Waals surface area contributed by atoms with Crippen LogP contribution < -0.4 is 9.47 Å². The lowest BCUT2D eigenvalue weighted by molar-refractivity contribution is -0.141. The second-order valence-corrected chi connectivity index (χ2v) is 5.94. The molecule has 5 heteroatoms. The maximum absolute atomic E-state index is 12.4. The third kappa shape index (κ3) is 2.08. The standard InChI is InChI=1S/C17H17NO4/c19-16-12-5-1-2-6-13(12)17(20)18(16)9-11-10-21-14-7-3-4-8-15(14)22-11/h1-4,7-8,11-13H,5-6,9-10H2/t11-,12-,13+/m1/s1. The van der Waals surface area contributed by atoms with Crippen LogP contribution in [0.25, 0.3) is 0 Å². The van der Waals surface area contributed by atoms with Gasteiger partial charge in [0, 0.05) is 0 Å². The molecule has 0 spiro atoms. The molecule has 1 saturated heterocycles. The first kappa shape index (κ1) is 13.4. The Morgan fingerprint density at radius 2 is 1.64 bits per heavy atom. The van der Waals surface area contributed by atoms with E-state index >= 15 is 0 Å². The number of ether oxygens (including phenoxy) is 2. The molecule has 2 aliphatic heterocycles. The van der Waals surface area contributed by atoms with E-state index in [-0.39, 0.29) is 36.3 Å². The van der Waals surface area contributed by atoms with Gasteiger partial charge in [-0.1, -0.05) is 24.3 Å². The van der Waals surface area contributed by atoms with Crippen LogP contribution in [-0.2, 0) is 9.59 Å². The lowest BCUT2D eigenvalue weighted by Gasteiger charge is -2.29. The Morgan fingerprint density at radius 3 is 2.32 bits per heavy atom. The number of para-hydroxylation sites is 2. The molecule has 3 atom stereocenters. The summed E-state index contributed by atoms with van der Waals surface area (Å²) in [5.74, 6) is 0.861. The first-order valence-electron chi connectivity index (χ1n) is 7.63. The Hall–Kier alpha value is -2.30. The second-order valence-electron chi connectivity index (χ2n) is 5.94. The average molecular weight is 299 g/mol. The van der Waals surface area contributed by atoms with Crippen molar-refractivity contribution in [2.45, 2.75) is 18.9 Å². The lowest BCUT2D eigenvalue weighted by Crippen LogP contribution is -2.44. The summed E-state index contributed by atoms with van der Waals surface area (Å²) in [6.45, 7) is 0.612. The summed E-state index contributed by atoms with van der Waals surface area (Å²) in [6.07, 6.45) is 5.00. The van der Waals surface area contributed by atoms with Crippen LogP contribution in [0.5, 0.6) is 11.5 Å². The van der Waals surface area contributed by atoms with Crippen LogP contribution in [0.1, 0.15) is 12.8 Å². The minimum absolute atomic E-state index is 0.0678. The van der Waals surface area contributed by atoms with Gasteiger partial charge >= 0.3 is 0 Å². The zero-order chi connectivity index (χ0) is 15.1. The van der Waals surface area contributed by atoms with E-state index in [9.17, 15) is 9.59 Å². The van der Waals surface area contributed by atoms with E-state index in [1.54, 1.807) is 0 Å². The molecule has 1 aromatic carbocycles. The van der Waals surface area contributed by atoms with Crippen LogP contribution in [0.3, 0.4) is 0 Å². The van der Waals surface area contributed by atoms with Crippen LogP contribution >= 0.6 is 0 Å². The fourth-order valence-corrected chi connectivity index (χ4v) is 3.41. The van der Waals surface area contributed by atoms with Crippen LogP contribution in [0.15, 0.2) is 36.4 Å². The fourth-order valence-electron chi connectivity index (χ4n) is 3.41. The van der Waals surface area contributed by atoms with Gasteiger partial charge in [-0.3, -0.25) is 14.5 Å². The van der Waals surface area contributed by atoms with E-state index in [0.717, 1.165) is 0 Å². The molecule has 1 aliphatic carbocycles. The number of likely N-dealkylation sites (tertiary alicyclic amines) is 1. The zero-order valence-corrected chi connectivity index (χ0v) is 12.1. The van der Waals surface area contributed by atoms with Crippen LogP contribution in [0.4, 0.5) is 0 Å². The topological polar surface area (TPSA) is 55.8 Å². The summed E-state index contributed by atoms with van der Waals surface area (Å²) in [7, 11) is 0. The number of rotatable bonds is 2. The van der Waals surface area contributed by atoms with Crippen molar-refractivity contribution in [1.29, 1.82) is 0 Å². The average Bonchev–Trinajstić information content (AvgIpc) is 2.80. The number of carbonyl (C=O) groups is 2. The Morgan fingerprint density at radius 1 is 1.00 bits per heavy atom. The molecule has 0 bridgehead atoms. The monoisotopic (exact) mass is 299 g/mol. The molecule has 1 aromatic rings. The SMILES string of the molecule is O=C1[C@H]2CC=CC[C@H]2C(=O)N1C[C@@H]1COc2ccccc2O1. The number of imide groups is 1. The van der Waals surface area contributed by atoms with Gasteiger partial charge in [0.15, 0.2) is 17.6 Å². The number of allylic oxidation sites excluding steroid dienone is 2. The molecule has 3 aliphatic rings. The Balaban J connectivity index is 1.48. The van der Waals surface area contributed by atoms with Gasteiger partial charge in [0.05, 0.1) is 18.4 Å². The number of carbonyl (C=O) groups excluding carboxylic acids is 2. The van der Waals surface area contributed by atoms with Gasteiger partial charge in [0.25, 0.3) is 0 Å². The van der Waals surface area contributed by atoms with Crippen molar-refractivity contribution >= 4 is 11.8 Å². The van der Waals surface area contributed by atoms with Gasteiger partial charge in [-0.2, -0.15) is 0 Å². The van der Waals surface area contributed by atoms with Crippen LogP contribution in [-0.4, -0.2) is 36.0 Å². The predicted molar refractivity (Wildman–Crippen MR) is 78.4 cm³/mol. The van der Waals surface area contributed by atoms with Gasteiger partial charge in [-0.05, 0) is 25.0 Å². The highest BCUT2D eigenvalue weighted by atomic mass is 16.6. The summed E-state index contributed by atoms with van der Waals surface area (Å²) < 4.78 is 11.5. The molecule has 0 radical (unpaired) electrons. The first-order chi connectivity index (χ1) is 10.7. The number of hydrogen-bond acceptors (Lipinski definition) is 4. The number of fused-ring (bicyclic) bond motifs is 2. The van der Waals surface area contributed by atoms with E-state index in [0.29, 0.717) is 30.9 Å². The van der Waals surface area contributed by atoms with Crippen LogP contribution in [0, 0.1) is 11.8 Å². The van der Waals surface area contributed by atoms with Gasteiger partial charge in [-0.15, -0.1) is 0 Å². The number of benzene rings is 1. The Labute approximate surface area is 128 Å². The largest absolute Gasteiger partial charge is 0.486 e. The van der Waals surface area contributed by atoms with Crippen molar-refractivity contribution in [1.82, 2.24) is 4.90 Å². The van der Waals surface area contributed by atoms with E-state index < -0.39 is 0 Å². The highest BCUT2D eigenvalue weighted by Crippen LogP contribution is 2.36. The molecule has 2 heterocycles. The van der Waals surface area contributed by atoms with Crippen LogP contribution in [0.2, 0.25) is 0 Å². The van der Waals surface area contributed by atoms with Crippen molar-refractivity contribution in [2.24, 2.45) is 11.8 Å². The zero-order valence-electron chi connectivity index (χ0n) is 12.1. The highest BCUT2D eigenvalue weighted by molar-refractivity contribution is 6.05. The van der Waals surface area contributed by atoms with E-state index in [1.807, 2.05) is 36.4 Å². The van der Waals surface area contributed by atoms with Crippen molar-refractivity contribution in [2.75, 3.05) is 13.2 Å². The molecular formula is C17H17NO4. The van der Waals surface area contributed by atoms with Gasteiger partial charge in [0.1, 0.15) is 6.61 Å². The minimum atomic E-state index is -0.309. The number of nitrogens with zero attached hydrogens (tertiary/aromatic N) is 1. The third-order valence-corrected chi connectivity index (χ3v) is 4.55. The van der Waals surface area contributed by atoms with E-state index in [2.05, 4.69) is 0 Å². The quantitative estimate of drug-likeness (QED) is 0.617. The van der Waals surface area contributed by atoms with Crippen molar-refractivity contribution in [3.8, 4) is 11.5 Å². The Bertz CT molecular complexity index is 628. The minimum Gasteiger partial charge on any atom is -0.486 e. The maximum Gasteiger partial charge on any atom is 0.233 e. The van der Waals surface area contributed by atoms with Gasteiger partial charge in [-0.25, -0.2) is 0 Å². The van der Waals surface area contributed by atoms with Gasteiger partial charge < -0.3 is 9.47 Å². The molecular weight excluding hydrogens is 282 g/mol. The molecule has 0 saturated carbocycles. The molecule has 0 aromatic heterocycles. The smallest absolute Gasteiger partial charge is 0.233 e. The molecule has 4 rings (SSSR count). The summed E-state index contributed by atoms with van der Waals surface area (Å²) in [5, 5.41) is 0. The first-order valence-corrected chi connectivity index (χ1v) is 7.63. The molecule has 0 unspecified atom stereocenters. The molecule has 0 N–H and O–H groups in total. The Kier molecular flexibility index (Phi) is 3.13. The van der Waals surface area contributed by atoms with Crippen molar-refractivity contribution in [3.63, 3.8) is 0 Å². The fraction of sp³-hybridized carbons (Fsp3) is 0.412. The summed E-state index contributed by atoms with van der Waals surface area (Å²) >= 11 is 0. The second kappa shape index (κ2) is 5.16. The molecule has 5 nitrogen and oxygen atoms in total. The molecule has 22 heavy (non-hydrogen) atoms. The summed E-state index contributed by atoms with van der Waals surface area (Å²) in [4.78, 5) is 26.3. The predicted octanol–water partition coefficient (Wildman–Crippen LogP) is 1.78. The van der Waals surface area contributed by atoms with Gasteiger partial charge in [0.2, 0.25) is 11.8 Å². The van der Waals surface area contributed by atoms with E-state index in [4.69, 9.17) is 9.47 Å². The number of hydrogen-bond donors (Lipinski definition) is 0. The third-order valence-electron chi connectivity index (χ3n) is 4.55. The van der Waals surface area contributed by atoms with Crippen molar-refractivity contribution in [3.05, 3.63) is 36.4 Å². The molecule has 1 fully saturated rings. The normalized spacial score (nSPS) is 29.6. The van der Waals surface area contributed by atoms with E-state index in [1.165, 1.54) is 4.90 Å². The highest BCUT2D eigenvalue weighted by Gasteiger charge is 2.48. The van der Waals surface area contributed by atoms with Crippen molar-refractivity contribution < 1.29 is 19.1 Å². The molecule has 114 valence electrons. The summed E-state index contributed by atoms with van der Waals surface area (Å²) in [6, 6.07) is 7.43. The number of amides is 2. The lowest BCUT2D eigenvalue weighted by atomic mass is 9.85. The molecule has 2 amide bonds. The maximum atomic E-state index is 12.4. The summed E-state index contributed by atoms with van der Waals surface area (Å²) in [5.41, 5.74) is 0.